The number of nitrogens with one attached hydrogen (secondary N) is 3. The molecule has 9 aliphatic heterocycles. The van der Waals surface area contributed by atoms with Crippen LogP contribution in [0.4, 0.5) is 0 Å². The third-order valence-corrected chi connectivity index (χ3v) is 22.0. The Balaban J connectivity index is -0.000000180. The fourth-order valence-corrected chi connectivity index (χ4v) is 12.2. The van der Waals surface area contributed by atoms with Crippen molar-refractivity contribution >= 4 is 214 Å². The third-order valence-electron chi connectivity index (χ3n) is 16.1. The second-order valence-electron chi connectivity index (χ2n) is 26.0. The molecule has 0 saturated carbocycles. The number of fused-ring (bicyclic) bond motifs is 2. The van der Waals surface area contributed by atoms with Crippen LogP contribution >= 0.6 is 109 Å². The van der Waals surface area contributed by atoms with Crippen LogP contribution in [-0.4, -0.2) is 262 Å². The zero-order chi connectivity index (χ0) is 76.5. The number of aliphatic hydroxyl groups is 2. The monoisotopic (exact) mass is 1760 g/mol. The van der Waals surface area contributed by atoms with E-state index in [4.69, 9.17) is 20.4 Å². The van der Waals surface area contributed by atoms with Gasteiger partial charge in [0, 0.05) is 93.0 Å². The van der Waals surface area contributed by atoms with E-state index in [2.05, 4.69) is 105 Å². The van der Waals surface area contributed by atoms with Gasteiger partial charge < -0.3 is 66.2 Å². The van der Waals surface area contributed by atoms with Crippen LogP contribution in [-0.2, 0) is 71.4 Å². The number of amides is 11. The van der Waals surface area contributed by atoms with E-state index in [9.17, 15) is 71.9 Å². The summed E-state index contributed by atoms with van der Waals surface area (Å²) >= 11 is 4.19. The van der Waals surface area contributed by atoms with Crippen molar-refractivity contribution in [1.82, 2.24) is 40.4 Å². The Morgan fingerprint density at radius 1 is 0.596 bits per heavy atom. The van der Waals surface area contributed by atoms with Gasteiger partial charge in [-0.05, 0) is 66.1 Å². The Morgan fingerprint density at radius 3 is 1.28 bits per heavy atom. The van der Waals surface area contributed by atoms with Crippen molar-refractivity contribution in [3.63, 3.8) is 0 Å². The van der Waals surface area contributed by atoms with E-state index < -0.39 is 44.1 Å². The number of hydrogen-bond acceptors (Lipinski definition) is 25. The van der Waals surface area contributed by atoms with Gasteiger partial charge in [-0.25, -0.2) is 4.90 Å². The Labute approximate surface area is 719 Å². The fraction of sp³-hybridized carbons (Fsp3) is 0.591. The van der Waals surface area contributed by atoms with E-state index in [1.54, 1.807) is 41.3 Å². The molecule has 0 spiro atoms. The van der Waals surface area contributed by atoms with Gasteiger partial charge in [0.25, 0.3) is 29.5 Å². The molecule has 109 heavy (non-hydrogen) atoms. The number of halogens is 1. The molecule has 32 nitrogen and oxygen atoms in total. The minimum atomic E-state index is -1.79. The average molecular weight is 1760 g/mol. The summed E-state index contributed by atoms with van der Waals surface area (Å²) in [6.07, 6.45) is 2.70. The number of hydrogen-bond donors (Lipinski definition) is 8. The number of methoxy groups -OCH3 is 2. The molecule has 11 rings (SSSR count). The van der Waals surface area contributed by atoms with Gasteiger partial charge in [0.15, 0.2) is 8.32 Å². The number of rotatable bonds is 11. The van der Waals surface area contributed by atoms with E-state index in [-0.39, 0.29) is 239 Å². The summed E-state index contributed by atoms with van der Waals surface area (Å²) in [5.74, 6) is 6.80. The standard InChI is InChI=1S/C15H14N2O4.C12H25NO3Si.C8H13NO3.C8H5NO2.C7H14N2O.C5H9NO.C4H7NO2.C4H4O3S.C3H5BrO2.B.H4N2.Na.6H2S.H/c1-9-6-12(18)16(7-9)8-13(19)17-14(20)10-4-2-3-5-11(10)15(17)21;1-12(2,3)17(4,5)16-10-8-11(15)13(9-10)6-7-14;1-6-3-7(10)9(4-6)5-8(11)12-2;10-7-5-3-1-2-4-6(5)8(11)9-7;1-6-4-7(10)9(5-6)3-2-8;1-4-2-5(7)6-3-4;6-3-1-4(7)5-2-3;5-3-1-8-2-4(6)7-3;1-6-3(5)2-4;;1-2;;;;;;;;/h2-5,9H,6-8H2,1H3;10,14H,6-9H2,1-5H3;6H,3-5H2,1-2H3;1-4H,(H,9,10,11);6H,2-5,8H2,1H3;4H,2-3H2,1H3,(H,6,7);3,6H,1-2H2,(H,5,7);1-2H2;2H2,1H3;;1-2H2;;6*1H2;/q;;;;;;;;;;;+1;;;;;;;-1/t9-;10-;6-;;6-;4-;3-;;;;;;;;;;;;/m000.000............/s1. The van der Waals surface area contributed by atoms with Gasteiger partial charge in [0.2, 0.25) is 35.4 Å². The van der Waals surface area contributed by atoms with Gasteiger partial charge in [0.05, 0.1) is 79.6 Å². The van der Waals surface area contributed by atoms with Crippen LogP contribution in [0.3, 0.4) is 0 Å². The van der Waals surface area contributed by atoms with Crippen LogP contribution in [0.5, 0.6) is 0 Å². The maximum Gasteiger partial charge on any atom is 1.00 e. The van der Waals surface area contributed by atoms with Crippen LogP contribution in [0.15, 0.2) is 48.5 Å². The number of carbonyl (C=O) groups excluding carboxylic acids is 15. The maximum atomic E-state index is 12.2. The first-order chi connectivity index (χ1) is 47.5. The number of thioether (sulfide) groups is 1. The molecule has 43 heteroatoms. The first-order valence-corrected chi connectivity index (χ1v) is 37.8. The van der Waals surface area contributed by atoms with Crippen molar-refractivity contribution in [1.29, 1.82) is 0 Å². The number of benzene rings is 2. The molecule has 2 aromatic rings. The van der Waals surface area contributed by atoms with E-state index in [0.717, 1.165) is 26.1 Å². The van der Waals surface area contributed by atoms with Gasteiger partial charge in [0.1, 0.15) is 18.4 Å². The zero-order valence-corrected chi connectivity index (χ0v) is 75.3. The SMILES string of the molecule is CC(C)(C)[Si](C)(C)O[C@H]1CC(=O)N(CCO)C1.COC(=O)CBr.COC(=O)CN1C[C@@H](C)CC1=O.C[C@@H]1CNC(=O)C1.C[C@H]1CC(=O)N(CC(=O)N2C(=O)c3ccccc3C2=O)C1.C[C@H]1CC(=O)N(CCN)C1.NN.O=C1CSCC(=O)O1.O=C1C[C@H](O)CN1.O=C1NC(=O)c2ccccc21.S.S.S.S.S.S.[B].[H-].[Na+]. The third kappa shape index (κ3) is 41.7. The largest absolute Gasteiger partial charge is 1.00 e. The van der Waals surface area contributed by atoms with Crippen LogP contribution in [0, 0.1) is 23.7 Å². The predicted molar refractivity (Wildman–Crippen MR) is 445 cm³/mol. The molecule has 7 saturated heterocycles. The molecule has 0 aliphatic carbocycles. The smallest absolute Gasteiger partial charge is 1.00 e. The number of nitrogens with zero attached hydrogens (tertiary/aromatic N) is 5. The first kappa shape index (κ1) is 118. The number of β-amino-alcohol motifs (C(OH)–C–C–N with tert-alkyl or cyclic N) is 2. The number of ether oxygens (including phenoxy) is 3. The number of alkyl halides is 1. The number of carbonyl (C=O) groups is 15. The van der Waals surface area contributed by atoms with Gasteiger partial charge in [-0.2, -0.15) is 81.0 Å². The normalized spacial score (nSPS) is 19.8. The molecule has 0 unspecified atom stereocenters. The zero-order valence-electron chi connectivity index (χ0n) is 64.9. The number of imide groups is 4. The summed E-state index contributed by atoms with van der Waals surface area (Å²) < 4.78 is 19.1. The summed E-state index contributed by atoms with van der Waals surface area (Å²) in [5, 5.41) is 25.3. The first-order valence-electron chi connectivity index (χ1n) is 32.6. The van der Waals surface area contributed by atoms with Crippen molar-refractivity contribution in [2.24, 2.45) is 41.1 Å². The second kappa shape index (κ2) is 59.9. The maximum absolute atomic E-state index is 12.2. The van der Waals surface area contributed by atoms with Gasteiger partial charge in [-0.1, -0.05) is 88.7 Å². The van der Waals surface area contributed by atoms with Crippen molar-refractivity contribution in [3.05, 3.63) is 70.8 Å². The summed E-state index contributed by atoms with van der Waals surface area (Å²) in [5.41, 5.74) is 6.73. The number of aliphatic hydroxyl groups excluding tert-OH is 2. The summed E-state index contributed by atoms with van der Waals surface area (Å²) in [7, 11) is 0.883. The molecule has 0 bridgehead atoms. The van der Waals surface area contributed by atoms with Crippen molar-refractivity contribution in [2.45, 2.75) is 117 Å². The van der Waals surface area contributed by atoms with Crippen molar-refractivity contribution < 1.29 is 132 Å². The molecule has 2 aromatic carbocycles. The minimum absolute atomic E-state index is 0. The Kier molecular flexibility index (Phi) is 64.6. The van der Waals surface area contributed by atoms with Crippen molar-refractivity contribution in [2.75, 3.05) is 110 Å². The summed E-state index contributed by atoms with van der Waals surface area (Å²) in [6, 6.07) is 13.1. The van der Waals surface area contributed by atoms with Gasteiger partial charge >= 0.3 is 53.4 Å². The van der Waals surface area contributed by atoms with E-state index >= 15 is 0 Å². The molecule has 9 aliphatic rings. The van der Waals surface area contributed by atoms with E-state index in [0.29, 0.717) is 110 Å². The average Bonchev–Trinajstić information content (AvgIpc) is 1.62. The molecule has 6 atom stereocenters. The summed E-state index contributed by atoms with van der Waals surface area (Å²) in [4.78, 5) is 173. The molecule has 0 aromatic heterocycles. The molecule has 615 valence electrons. The van der Waals surface area contributed by atoms with Crippen molar-refractivity contribution in [3.8, 4) is 0 Å². The van der Waals surface area contributed by atoms with E-state index in [1.807, 2.05) is 18.7 Å². The minimum Gasteiger partial charge on any atom is -1.00 e. The predicted octanol–water partition coefficient (Wildman–Crippen LogP) is -1.71. The molecular formula is C66H113BBrN11NaO21S7Si. The Hall–Kier alpha value is -4.74. The van der Waals surface area contributed by atoms with Crippen LogP contribution in [0.1, 0.15) is 130 Å². The number of likely N-dealkylation sites (tertiary alicyclic amines) is 4. The van der Waals surface area contributed by atoms with E-state index in [1.165, 1.54) is 47.9 Å². The molecule has 11 N–H and O–H groups in total. The number of nitrogens with two attached hydrogens (primary N) is 3. The molecule has 9 heterocycles. The van der Waals surface area contributed by atoms with Crippen LogP contribution in [0.25, 0.3) is 0 Å². The Bertz CT molecular complexity index is 3170. The fourth-order valence-electron chi connectivity index (χ4n) is 10.1. The second-order valence-corrected chi connectivity index (χ2v) is 32.3. The number of esters is 4. The topological polar surface area (TPSA) is 464 Å². The quantitative estimate of drug-likeness (QED) is 0.0181. The summed E-state index contributed by atoms with van der Waals surface area (Å²) in [6.45, 7) is 24.7. The molecule has 7 fully saturated rings. The number of cyclic esters (lactones) is 2. The van der Waals surface area contributed by atoms with Crippen LogP contribution in [0.2, 0.25) is 18.1 Å². The molecule has 11 amide bonds. The Morgan fingerprint density at radius 2 is 0.991 bits per heavy atom. The van der Waals surface area contributed by atoms with Crippen LogP contribution < -0.4 is 62.9 Å². The van der Waals surface area contributed by atoms with Gasteiger partial charge in [-0.15, -0.1) is 11.8 Å². The number of hydrazine groups is 1. The molecule has 3 radical (unpaired) electrons. The molecular weight excluding hydrogens is 1650 g/mol. The van der Waals surface area contributed by atoms with Gasteiger partial charge in [-0.3, -0.25) is 88.9 Å².